The third-order valence-corrected chi connectivity index (χ3v) is 3.17. The molecule has 0 bridgehead atoms. The van der Waals surface area contributed by atoms with E-state index in [0.29, 0.717) is 6.04 Å². The molecule has 1 heterocycles. The summed E-state index contributed by atoms with van der Waals surface area (Å²) in [6.07, 6.45) is 0.710. The predicted octanol–water partition coefficient (Wildman–Crippen LogP) is 2.51. The van der Waals surface area contributed by atoms with E-state index in [1.165, 1.54) is 11.3 Å². The first-order valence-electron chi connectivity index (χ1n) is 5.67. The van der Waals surface area contributed by atoms with E-state index >= 15 is 0 Å². The molecule has 15 heavy (non-hydrogen) atoms. The van der Waals surface area contributed by atoms with Crippen molar-refractivity contribution >= 4 is 5.69 Å². The SMILES string of the molecule is CC(O)c1cccc2c1CCN2C(C)C. The summed E-state index contributed by atoms with van der Waals surface area (Å²) in [6, 6.07) is 6.78. The summed E-state index contributed by atoms with van der Waals surface area (Å²) in [5.74, 6) is 0. The van der Waals surface area contributed by atoms with Gasteiger partial charge in [-0.1, -0.05) is 12.1 Å². The Morgan fingerprint density at radius 2 is 2.00 bits per heavy atom. The van der Waals surface area contributed by atoms with E-state index in [-0.39, 0.29) is 6.10 Å². The first-order chi connectivity index (χ1) is 7.11. The second-order valence-corrected chi connectivity index (χ2v) is 4.56. The molecule has 1 N–H and O–H groups in total. The van der Waals surface area contributed by atoms with Crippen LogP contribution in [0.3, 0.4) is 0 Å². The van der Waals surface area contributed by atoms with E-state index in [0.717, 1.165) is 18.5 Å². The number of aliphatic hydroxyl groups excluding tert-OH is 1. The van der Waals surface area contributed by atoms with Crippen molar-refractivity contribution in [1.82, 2.24) is 0 Å². The highest BCUT2D eigenvalue weighted by Gasteiger charge is 2.24. The maximum Gasteiger partial charge on any atom is 0.0765 e. The van der Waals surface area contributed by atoms with E-state index in [9.17, 15) is 5.11 Å². The van der Waals surface area contributed by atoms with Gasteiger partial charge in [-0.2, -0.15) is 0 Å². The second kappa shape index (κ2) is 3.86. The minimum Gasteiger partial charge on any atom is -0.389 e. The van der Waals surface area contributed by atoms with Crippen LogP contribution in [0.1, 0.15) is 38.0 Å². The predicted molar refractivity (Wildman–Crippen MR) is 63.3 cm³/mol. The van der Waals surface area contributed by atoms with Crippen molar-refractivity contribution in [3.63, 3.8) is 0 Å². The highest BCUT2D eigenvalue weighted by molar-refractivity contribution is 5.61. The van der Waals surface area contributed by atoms with E-state index in [4.69, 9.17) is 0 Å². The standard InChI is InChI=1S/C13H19NO/c1-9(2)14-8-7-12-11(10(3)15)5-4-6-13(12)14/h4-6,9-10,15H,7-8H2,1-3H3. The Morgan fingerprint density at radius 3 is 2.60 bits per heavy atom. The van der Waals surface area contributed by atoms with Gasteiger partial charge in [0, 0.05) is 18.3 Å². The van der Waals surface area contributed by atoms with Crippen LogP contribution in [0, 0.1) is 0 Å². The molecule has 1 atom stereocenters. The molecule has 0 amide bonds. The van der Waals surface area contributed by atoms with Gasteiger partial charge in [-0.15, -0.1) is 0 Å². The average Bonchev–Trinajstić information content (AvgIpc) is 2.59. The lowest BCUT2D eigenvalue weighted by atomic mass is 10.0. The topological polar surface area (TPSA) is 23.5 Å². The van der Waals surface area contributed by atoms with Crippen LogP contribution in [-0.4, -0.2) is 17.7 Å². The molecule has 82 valence electrons. The first-order valence-corrected chi connectivity index (χ1v) is 5.67. The third-order valence-electron chi connectivity index (χ3n) is 3.17. The summed E-state index contributed by atoms with van der Waals surface area (Å²) in [5, 5.41) is 9.69. The molecule has 0 saturated carbocycles. The maximum absolute atomic E-state index is 9.69. The molecular weight excluding hydrogens is 186 g/mol. The molecule has 0 saturated heterocycles. The zero-order valence-corrected chi connectivity index (χ0v) is 9.70. The van der Waals surface area contributed by atoms with Crippen molar-refractivity contribution in [1.29, 1.82) is 0 Å². The zero-order chi connectivity index (χ0) is 11.0. The molecule has 1 aromatic carbocycles. The molecule has 2 nitrogen and oxygen atoms in total. The van der Waals surface area contributed by atoms with Gasteiger partial charge in [0.2, 0.25) is 0 Å². The summed E-state index contributed by atoms with van der Waals surface area (Å²) in [4.78, 5) is 2.40. The normalized spacial score (nSPS) is 17.0. The molecule has 0 fully saturated rings. The van der Waals surface area contributed by atoms with Crippen molar-refractivity contribution < 1.29 is 5.11 Å². The van der Waals surface area contributed by atoms with Crippen LogP contribution < -0.4 is 4.90 Å². The van der Waals surface area contributed by atoms with Gasteiger partial charge >= 0.3 is 0 Å². The van der Waals surface area contributed by atoms with Crippen LogP contribution in [-0.2, 0) is 6.42 Å². The minimum atomic E-state index is -0.355. The summed E-state index contributed by atoms with van der Waals surface area (Å²) in [5.41, 5.74) is 3.74. The fourth-order valence-electron chi connectivity index (χ4n) is 2.41. The lowest BCUT2D eigenvalue weighted by Crippen LogP contribution is -2.28. The summed E-state index contributed by atoms with van der Waals surface area (Å²) in [6.45, 7) is 7.35. The smallest absolute Gasteiger partial charge is 0.0765 e. The minimum absolute atomic E-state index is 0.355. The van der Waals surface area contributed by atoms with Crippen molar-refractivity contribution in [3.05, 3.63) is 29.3 Å². The van der Waals surface area contributed by atoms with Gasteiger partial charge in [-0.3, -0.25) is 0 Å². The van der Waals surface area contributed by atoms with Crippen molar-refractivity contribution in [3.8, 4) is 0 Å². The zero-order valence-electron chi connectivity index (χ0n) is 9.70. The Balaban J connectivity index is 2.43. The Morgan fingerprint density at radius 1 is 1.27 bits per heavy atom. The quantitative estimate of drug-likeness (QED) is 0.802. The number of nitrogens with zero attached hydrogens (tertiary/aromatic N) is 1. The van der Waals surface area contributed by atoms with Gasteiger partial charge in [0.25, 0.3) is 0 Å². The molecule has 1 aromatic rings. The third kappa shape index (κ3) is 1.74. The van der Waals surface area contributed by atoms with E-state index < -0.39 is 0 Å². The molecule has 2 heteroatoms. The monoisotopic (exact) mass is 205 g/mol. The number of fused-ring (bicyclic) bond motifs is 1. The van der Waals surface area contributed by atoms with Gasteiger partial charge in [0.15, 0.2) is 0 Å². The summed E-state index contributed by atoms with van der Waals surface area (Å²) in [7, 11) is 0. The Labute approximate surface area is 91.5 Å². The average molecular weight is 205 g/mol. The fourth-order valence-corrected chi connectivity index (χ4v) is 2.41. The number of hydrogen-bond donors (Lipinski definition) is 1. The van der Waals surface area contributed by atoms with Crippen LogP contribution in [0.25, 0.3) is 0 Å². The van der Waals surface area contributed by atoms with Gasteiger partial charge < -0.3 is 10.0 Å². The van der Waals surface area contributed by atoms with Gasteiger partial charge in [-0.05, 0) is 44.4 Å². The van der Waals surface area contributed by atoms with Crippen LogP contribution in [0.5, 0.6) is 0 Å². The Bertz CT molecular complexity index is 358. The van der Waals surface area contributed by atoms with Crippen molar-refractivity contribution in [2.45, 2.75) is 39.3 Å². The van der Waals surface area contributed by atoms with E-state index in [1.54, 1.807) is 0 Å². The molecular formula is C13H19NO. The van der Waals surface area contributed by atoms with Crippen LogP contribution in [0.4, 0.5) is 5.69 Å². The molecule has 0 aliphatic carbocycles. The first kappa shape index (κ1) is 10.5. The molecule has 1 unspecified atom stereocenters. The maximum atomic E-state index is 9.69. The highest BCUT2D eigenvalue weighted by atomic mass is 16.3. The van der Waals surface area contributed by atoms with E-state index in [2.05, 4.69) is 24.8 Å². The largest absolute Gasteiger partial charge is 0.389 e. The number of rotatable bonds is 2. The van der Waals surface area contributed by atoms with Gasteiger partial charge in [0.05, 0.1) is 6.10 Å². The lowest BCUT2D eigenvalue weighted by molar-refractivity contribution is 0.198. The Hall–Kier alpha value is -1.02. The number of anilines is 1. The van der Waals surface area contributed by atoms with E-state index in [1.807, 2.05) is 19.1 Å². The van der Waals surface area contributed by atoms with Crippen LogP contribution in [0.15, 0.2) is 18.2 Å². The Kier molecular flexibility index (Phi) is 2.70. The molecule has 2 rings (SSSR count). The van der Waals surface area contributed by atoms with Gasteiger partial charge in [-0.25, -0.2) is 0 Å². The number of hydrogen-bond acceptors (Lipinski definition) is 2. The van der Waals surface area contributed by atoms with Crippen LogP contribution >= 0.6 is 0 Å². The highest BCUT2D eigenvalue weighted by Crippen LogP contribution is 2.34. The number of benzene rings is 1. The fraction of sp³-hybridized carbons (Fsp3) is 0.538. The lowest BCUT2D eigenvalue weighted by Gasteiger charge is -2.24. The van der Waals surface area contributed by atoms with Crippen LogP contribution in [0.2, 0.25) is 0 Å². The molecule has 0 radical (unpaired) electrons. The summed E-state index contributed by atoms with van der Waals surface area (Å²) < 4.78 is 0. The van der Waals surface area contributed by atoms with Crippen molar-refractivity contribution in [2.75, 3.05) is 11.4 Å². The molecule has 1 aliphatic heterocycles. The molecule has 1 aliphatic rings. The van der Waals surface area contributed by atoms with Crippen molar-refractivity contribution in [2.24, 2.45) is 0 Å². The summed E-state index contributed by atoms with van der Waals surface area (Å²) >= 11 is 0. The second-order valence-electron chi connectivity index (χ2n) is 4.56. The molecule has 0 spiro atoms. The number of aliphatic hydroxyl groups is 1. The van der Waals surface area contributed by atoms with Gasteiger partial charge in [0.1, 0.15) is 0 Å². The molecule has 0 aromatic heterocycles.